The van der Waals surface area contributed by atoms with E-state index in [0.29, 0.717) is 10.0 Å². The van der Waals surface area contributed by atoms with Crippen molar-refractivity contribution >= 4 is 34.1 Å². The van der Waals surface area contributed by atoms with E-state index in [1.807, 2.05) is 18.2 Å². The zero-order chi connectivity index (χ0) is 19.8. The van der Waals surface area contributed by atoms with Crippen LogP contribution in [0.3, 0.4) is 0 Å². The Balaban J connectivity index is 1.51. The van der Waals surface area contributed by atoms with Gasteiger partial charge in [0.2, 0.25) is 0 Å². The second kappa shape index (κ2) is 7.87. The van der Waals surface area contributed by atoms with E-state index in [-0.39, 0.29) is 0 Å². The summed E-state index contributed by atoms with van der Waals surface area (Å²) in [6.45, 7) is 3.11. The summed E-state index contributed by atoms with van der Waals surface area (Å²) >= 11 is 12.7. The Hall–Kier alpha value is -2.26. The van der Waals surface area contributed by atoms with Crippen LogP contribution in [-0.2, 0) is 19.4 Å². The summed E-state index contributed by atoms with van der Waals surface area (Å²) in [5.74, 6) is 0. The van der Waals surface area contributed by atoms with Gasteiger partial charge in [-0.25, -0.2) is 0 Å². The zero-order valence-corrected chi connectivity index (χ0v) is 17.6. The van der Waals surface area contributed by atoms with E-state index in [1.165, 1.54) is 33.3 Å². The molecule has 2 nitrogen and oxygen atoms in total. The van der Waals surface area contributed by atoms with E-state index in [1.54, 1.807) is 0 Å². The van der Waals surface area contributed by atoms with Crippen LogP contribution < -0.4 is 0 Å². The fourth-order valence-electron chi connectivity index (χ4n) is 4.44. The minimum atomic E-state index is 0.662. The molecule has 0 atom stereocenters. The number of nitrogens with one attached hydrogen (secondary N) is 1. The van der Waals surface area contributed by atoms with Crippen LogP contribution in [0.15, 0.2) is 66.7 Å². The molecule has 1 N–H and O–H groups in total. The first-order valence-electron chi connectivity index (χ1n) is 10.0. The summed E-state index contributed by atoms with van der Waals surface area (Å²) in [6.07, 6.45) is 2.06. The summed E-state index contributed by atoms with van der Waals surface area (Å²) in [6, 6.07) is 22.9. The number of halogens is 2. The molecule has 4 aromatic rings. The lowest BCUT2D eigenvalue weighted by Crippen LogP contribution is -2.26. The number of H-pyrrole nitrogens is 1. The summed E-state index contributed by atoms with van der Waals surface area (Å²) < 4.78 is 0. The predicted octanol–water partition coefficient (Wildman–Crippen LogP) is 6.74. The van der Waals surface area contributed by atoms with Gasteiger partial charge >= 0.3 is 0 Å². The molecule has 0 bridgehead atoms. The molecule has 3 aromatic carbocycles. The molecule has 2 heterocycles. The molecule has 1 aromatic heterocycles. The fraction of sp³-hybridized carbons (Fsp3) is 0.200. The summed E-state index contributed by atoms with van der Waals surface area (Å²) in [7, 11) is 0. The topological polar surface area (TPSA) is 19.0 Å². The number of benzene rings is 3. The monoisotopic (exact) mass is 420 g/mol. The van der Waals surface area contributed by atoms with Crippen LogP contribution in [0.4, 0.5) is 0 Å². The van der Waals surface area contributed by atoms with E-state index in [0.717, 1.165) is 38.0 Å². The highest BCUT2D eigenvalue weighted by Crippen LogP contribution is 2.38. The highest BCUT2D eigenvalue weighted by molar-refractivity contribution is 6.36. The maximum Gasteiger partial charge on any atom is 0.0499 e. The first-order chi connectivity index (χ1) is 14.2. The van der Waals surface area contributed by atoms with Gasteiger partial charge in [0.1, 0.15) is 0 Å². The number of hydrogen-bond acceptors (Lipinski definition) is 1. The van der Waals surface area contributed by atoms with Crippen LogP contribution in [-0.4, -0.2) is 23.0 Å². The fourth-order valence-corrected chi connectivity index (χ4v) is 4.95. The second-order valence-corrected chi connectivity index (χ2v) is 8.54. The third kappa shape index (κ3) is 3.69. The molecule has 0 saturated carbocycles. The Kier molecular flexibility index (Phi) is 5.09. The highest BCUT2D eigenvalue weighted by Gasteiger charge is 2.21. The smallest absolute Gasteiger partial charge is 0.0499 e. The lowest BCUT2D eigenvalue weighted by Gasteiger charge is -2.20. The van der Waals surface area contributed by atoms with Crippen molar-refractivity contribution < 1.29 is 0 Å². The average Bonchev–Trinajstić information content (AvgIpc) is 2.97. The number of aromatic nitrogens is 1. The maximum absolute atomic E-state index is 6.56. The van der Waals surface area contributed by atoms with Gasteiger partial charge in [-0.2, -0.15) is 0 Å². The lowest BCUT2D eigenvalue weighted by molar-refractivity contribution is 0.279. The lowest BCUT2D eigenvalue weighted by atomic mass is 9.97. The molecular formula is C25H22Cl2N2. The molecular weight excluding hydrogens is 399 g/mol. The SMILES string of the molecule is Clc1ccc(-c2cccc3[nH]c4c(c23)CCN(Cc2ccccc2)CC4)c(Cl)c1. The third-order valence-corrected chi connectivity index (χ3v) is 6.39. The third-order valence-electron chi connectivity index (χ3n) is 5.84. The van der Waals surface area contributed by atoms with E-state index in [2.05, 4.69) is 58.4 Å². The summed E-state index contributed by atoms with van der Waals surface area (Å²) in [4.78, 5) is 6.23. The predicted molar refractivity (Wildman–Crippen MR) is 123 cm³/mol. The molecule has 1 aliphatic rings. The van der Waals surface area contributed by atoms with Crippen LogP contribution in [0.25, 0.3) is 22.0 Å². The van der Waals surface area contributed by atoms with Crippen molar-refractivity contribution in [2.24, 2.45) is 0 Å². The van der Waals surface area contributed by atoms with Crippen molar-refractivity contribution in [3.63, 3.8) is 0 Å². The number of aromatic amines is 1. The molecule has 146 valence electrons. The van der Waals surface area contributed by atoms with Crippen LogP contribution in [0.1, 0.15) is 16.8 Å². The van der Waals surface area contributed by atoms with Gasteiger partial charge in [-0.15, -0.1) is 0 Å². The van der Waals surface area contributed by atoms with E-state index in [4.69, 9.17) is 23.2 Å². The Morgan fingerprint density at radius 2 is 1.66 bits per heavy atom. The second-order valence-electron chi connectivity index (χ2n) is 7.70. The molecule has 29 heavy (non-hydrogen) atoms. The Morgan fingerprint density at radius 3 is 2.48 bits per heavy atom. The maximum atomic E-state index is 6.56. The van der Waals surface area contributed by atoms with Gasteiger partial charge in [-0.3, -0.25) is 4.90 Å². The molecule has 5 rings (SSSR count). The molecule has 0 aliphatic carbocycles. The van der Waals surface area contributed by atoms with Gasteiger partial charge in [0.15, 0.2) is 0 Å². The minimum Gasteiger partial charge on any atom is -0.358 e. The summed E-state index contributed by atoms with van der Waals surface area (Å²) in [5.41, 5.74) is 7.56. The molecule has 0 amide bonds. The first-order valence-corrected chi connectivity index (χ1v) is 10.8. The average molecular weight is 421 g/mol. The summed E-state index contributed by atoms with van der Waals surface area (Å²) in [5, 5.41) is 2.66. The molecule has 1 aliphatic heterocycles. The molecule has 0 unspecified atom stereocenters. The van der Waals surface area contributed by atoms with Crippen molar-refractivity contribution in [1.29, 1.82) is 0 Å². The van der Waals surface area contributed by atoms with Crippen molar-refractivity contribution in [2.45, 2.75) is 19.4 Å². The van der Waals surface area contributed by atoms with Crippen LogP contribution in [0, 0.1) is 0 Å². The number of nitrogens with zero attached hydrogens (tertiary/aromatic N) is 1. The van der Waals surface area contributed by atoms with Gasteiger partial charge in [-0.05, 0) is 41.3 Å². The first kappa shape index (κ1) is 18.7. The van der Waals surface area contributed by atoms with Gasteiger partial charge in [0, 0.05) is 58.3 Å². The Labute approximate surface area is 181 Å². The van der Waals surface area contributed by atoms with Gasteiger partial charge < -0.3 is 4.98 Å². The molecule has 0 fully saturated rings. The van der Waals surface area contributed by atoms with Crippen molar-refractivity contribution in [3.8, 4) is 11.1 Å². The Bertz CT molecular complexity index is 1160. The van der Waals surface area contributed by atoms with Gasteiger partial charge in [-0.1, -0.05) is 71.7 Å². The minimum absolute atomic E-state index is 0.662. The van der Waals surface area contributed by atoms with Crippen molar-refractivity contribution in [2.75, 3.05) is 13.1 Å². The van der Waals surface area contributed by atoms with Crippen molar-refractivity contribution in [1.82, 2.24) is 9.88 Å². The highest BCUT2D eigenvalue weighted by atomic mass is 35.5. The standard InChI is InChI=1S/C25H22Cl2N2/c26-18-9-10-19(22(27)15-18)20-7-4-8-24-25(20)21-11-13-29(14-12-23(21)28-24)16-17-5-2-1-3-6-17/h1-10,15,28H,11-14,16H2. The van der Waals surface area contributed by atoms with Crippen molar-refractivity contribution in [3.05, 3.63) is 93.6 Å². The van der Waals surface area contributed by atoms with Gasteiger partial charge in [0.25, 0.3) is 0 Å². The molecule has 4 heteroatoms. The van der Waals surface area contributed by atoms with E-state index in [9.17, 15) is 0 Å². The molecule has 0 saturated heterocycles. The van der Waals surface area contributed by atoms with Gasteiger partial charge in [0.05, 0.1) is 0 Å². The largest absolute Gasteiger partial charge is 0.358 e. The number of rotatable bonds is 3. The van der Waals surface area contributed by atoms with Crippen LogP contribution in [0.2, 0.25) is 10.0 Å². The quantitative estimate of drug-likeness (QED) is 0.388. The molecule has 0 radical (unpaired) electrons. The van der Waals surface area contributed by atoms with E-state index < -0.39 is 0 Å². The van der Waals surface area contributed by atoms with Crippen LogP contribution >= 0.6 is 23.2 Å². The van der Waals surface area contributed by atoms with Crippen LogP contribution in [0.5, 0.6) is 0 Å². The number of hydrogen-bond donors (Lipinski definition) is 1. The molecule has 0 spiro atoms. The number of fused-ring (bicyclic) bond motifs is 3. The Morgan fingerprint density at radius 1 is 0.828 bits per heavy atom. The van der Waals surface area contributed by atoms with E-state index >= 15 is 0 Å². The normalized spacial score (nSPS) is 14.7. The zero-order valence-electron chi connectivity index (χ0n) is 16.1.